The highest BCUT2D eigenvalue weighted by molar-refractivity contribution is 7.47. The van der Waals surface area contributed by atoms with E-state index in [2.05, 4.69) is 15.9 Å². The van der Waals surface area contributed by atoms with Gasteiger partial charge in [0.05, 0.1) is 16.8 Å². The summed E-state index contributed by atoms with van der Waals surface area (Å²) in [5.74, 6) is 0. The second kappa shape index (κ2) is 6.80. The van der Waals surface area contributed by atoms with Gasteiger partial charge in [0.1, 0.15) is 0 Å². The summed E-state index contributed by atoms with van der Waals surface area (Å²) in [5.41, 5.74) is 0.0596. The Kier molecular flexibility index (Phi) is 6.51. The van der Waals surface area contributed by atoms with Crippen molar-refractivity contribution in [1.82, 2.24) is 0 Å². The van der Waals surface area contributed by atoms with E-state index in [9.17, 15) is 14.7 Å². The van der Waals surface area contributed by atoms with Gasteiger partial charge in [-0.15, -0.1) is 0 Å². The molecule has 0 aliphatic rings. The van der Waals surface area contributed by atoms with E-state index in [1.165, 1.54) is 24.3 Å². The van der Waals surface area contributed by atoms with Crippen LogP contribution < -0.4 is 0 Å². The van der Waals surface area contributed by atoms with Gasteiger partial charge in [-0.2, -0.15) is 4.08 Å². The van der Waals surface area contributed by atoms with E-state index < -0.39 is 12.7 Å². The molecule has 0 heterocycles. The van der Waals surface area contributed by atoms with Crippen LogP contribution in [0.15, 0.2) is 24.3 Å². The van der Waals surface area contributed by atoms with E-state index in [4.69, 9.17) is 21.4 Å². The summed E-state index contributed by atoms with van der Waals surface area (Å²) >= 11 is 9.71. The Hall–Kier alpha value is -0.690. The smallest absolute Gasteiger partial charge is 0.302 e. The average molecular weight is 290 g/mol. The number of rotatable bonds is 2. The minimum Gasteiger partial charge on any atom is -0.302 e. The Bertz CT molecular complexity index is 391. The fraction of sp³-hybridized carbons (Fsp3) is 0. The fourth-order valence-corrected chi connectivity index (χ4v) is 0.689. The maximum atomic E-state index is 10.1. The second-order valence-corrected chi connectivity index (χ2v) is 4.26. The number of hydrogen-bond acceptors (Lipinski definition) is 4. The molecule has 1 aromatic carbocycles. The van der Waals surface area contributed by atoms with Crippen molar-refractivity contribution in [2.75, 3.05) is 0 Å². The van der Waals surface area contributed by atoms with Gasteiger partial charge in [0.2, 0.25) is 0 Å². The SMILES string of the molecule is O=P(O)(O)OCl.O=[N+]([O-])c1ccc(Cl)cc1. The monoisotopic (exact) mass is 289 g/mol. The number of benzene rings is 1. The van der Waals surface area contributed by atoms with Gasteiger partial charge in [-0.3, -0.25) is 10.1 Å². The van der Waals surface area contributed by atoms with Crippen molar-refractivity contribution < 1.29 is 23.4 Å². The van der Waals surface area contributed by atoms with Crippen LogP contribution in [0.25, 0.3) is 0 Å². The third-order valence-corrected chi connectivity index (χ3v) is 2.10. The zero-order valence-electron chi connectivity index (χ0n) is 7.49. The highest BCUT2D eigenvalue weighted by Crippen LogP contribution is 2.36. The molecule has 0 amide bonds. The predicted octanol–water partition coefficient (Wildman–Crippen LogP) is 2.50. The van der Waals surface area contributed by atoms with Crippen LogP contribution in [0.3, 0.4) is 0 Å². The summed E-state index contributed by atoms with van der Waals surface area (Å²) in [6.45, 7) is 0. The Morgan fingerprint density at radius 2 is 1.69 bits per heavy atom. The third kappa shape index (κ3) is 7.58. The predicted molar refractivity (Wildman–Crippen MR) is 57.1 cm³/mol. The van der Waals surface area contributed by atoms with Gasteiger partial charge >= 0.3 is 7.82 Å². The summed E-state index contributed by atoms with van der Waals surface area (Å²) in [6, 6.07) is 5.70. The van der Waals surface area contributed by atoms with Crippen molar-refractivity contribution in [3.63, 3.8) is 0 Å². The van der Waals surface area contributed by atoms with Gasteiger partial charge in [-0.05, 0) is 12.1 Å². The molecular weight excluding hydrogens is 284 g/mol. The van der Waals surface area contributed by atoms with E-state index in [0.29, 0.717) is 5.02 Å². The summed E-state index contributed by atoms with van der Waals surface area (Å²) < 4.78 is 12.4. The molecule has 0 aliphatic heterocycles. The van der Waals surface area contributed by atoms with Crippen molar-refractivity contribution in [2.24, 2.45) is 0 Å². The number of hydrogen-bond donors (Lipinski definition) is 2. The van der Waals surface area contributed by atoms with Crippen LogP contribution in [0.5, 0.6) is 0 Å². The molecule has 0 aliphatic carbocycles. The highest BCUT2D eigenvalue weighted by Gasteiger charge is 2.10. The number of nitro groups is 1. The Labute approximate surface area is 100 Å². The molecule has 7 nitrogen and oxygen atoms in total. The maximum absolute atomic E-state index is 10.1. The molecule has 0 spiro atoms. The van der Waals surface area contributed by atoms with Gasteiger partial charge in [-0.1, -0.05) is 11.6 Å². The van der Waals surface area contributed by atoms with Crippen LogP contribution >= 0.6 is 31.3 Å². The summed E-state index contributed by atoms with van der Waals surface area (Å²) in [6.07, 6.45) is 0. The molecule has 2 N–H and O–H groups in total. The molecule has 0 fully saturated rings. The van der Waals surface area contributed by atoms with Crippen LogP contribution in [0.2, 0.25) is 5.02 Å². The summed E-state index contributed by atoms with van der Waals surface area (Å²) in [4.78, 5) is 24.8. The molecule has 90 valence electrons. The lowest BCUT2D eigenvalue weighted by Crippen LogP contribution is -1.85. The number of nitrogens with zero attached hydrogens (tertiary/aromatic N) is 1. The van der Waals surface area contributed by atoms with E-state index in [1.807, 2.05) is 0 Å². The first-order chi connectivity index (χ1) is 7.26. The number of nitro benzene ring substituents is 1. The highest BCUT2D eigenvalue weighted by atomic mass is 35.5. The molecule has 0 saturated carbocycles. The average Bonchev–Trinajstić information content (AvgIpc) is 2.18. The molecule has 10 heteroatoms. The molecule has 0 saturated heterocycles. The van der Waals surface area contributed by atoms with Crippen LogP contribution in [-0.4, -0.2) is 14.7 Å². The quantitative estimate of drug-likeness (QED) is 0.492. The topological polar surface area (TPSA) is 110 Å². The maximum Gasteiger partial charge on any atom is 0.486 e. The second-order valence-electron chi connectivity index (χ2n) is 2.29. The van der Waals surface area contributed by atoms with E-state index in [-0.39, 0.29) is 5.69 Å². The van der Waals surface area contributed by atoms with Crippen LogP contribution in [0, 0.1) is 10.1 Å². The molecule has 0 bridgehead atoms. The van der Waals surface area contributed by atoms with Crippen molar-refractivity contribution in [3.05, 3.63) is 39.4 Å². The third-order valence-electron chi connectivity index (χ3n) is 1.13. The summed E-state index contributed by atoms with van der Waals surface area (Å²) in [7, 11) is -4.38. The molecule has 0 atom stereocenters. The van der Waals surface area contributed by atoms with Crippen molar-refractivity contribution in [3.8, 4) is 0 Å². The van der Waals surface area contributed by atoms with Crippen molar-refractivity contribution in [2.45, 2.75) is 0 Å². The zero-order chi connectivity index (χ0) is 12.8. The van der Waals surface area contributed by atoms with Gasteiger partial charge in [0, 0.05) is 17.2 Å². The molecule has 0 radical (unpaired) electrons. The minimum absolute atomic E-state index is 0.0596. The Balaban J connectivity index is 0.000000325. The van der Waals surface area contributed by atoms with Crippen LogP contribution in [0.1, 0.15) is 0 Å². The lowest BCUT2D eigenvalue weighted by molar-refractivity contribution is -0.384. The van der Waals surface area contributed by atoms with E-state index >= 15 is 0 Å². The number of phosphoric acid groups is 1. The first-order valence-corrected chi connectivity index (χ1v) is 5.74. The normalized spacial score (nSPS) is 10.2. The van der Waals surface area contributed by atoms with Gasteiger partial charge < -0.3 is 9.79 Å². The Morgan fingerprint density at radius 3 is 1.94 bits per heavy atom. The fourth-order valence-electron chi connectivity index (χ4n) is 0.563. The molecule has 0 unspecified atom stereocenters. The number of non-ortho nitro benzene ring substituents is 1. The first kappa shape index (κ1) is 15.3. The van der Waals surface area contributed by atoms with Crippen molar-refractivity contribution >= 4 is 37.0 Å². The molecule has 0 aromatic heterocycles. The van der Waals surface area contributed by atoms with E-state index in [0.717, 1.165) is 0 Å². The molecular formula is C6H6Cl2NO6P. The lowest BCUT2D eigenvalue weighted by Gasteiger charge is -1.89. The first-order valence-electron chi connectivity index (χ1n) is 3.52. The van der Waals surface area contributed by atoms with Gasteiger partial charge in [0.25, 0.3) is 5.69 Å². The summed E-state index contributed by atoms with van der Waals surface area (Å²) in [5, 5.41) is 10.6. The van der Waals surface area contributed by atoms with Gasteiger partial charge in [0.15, 0.2) is 0 Å². The van der Waals surface area contributed by atoms with Gasteiger partial charge in [-0.25, -0.2) is 4.57 Å². The van der Waals surface area contributed by atoms with Crippen LogP contribution in [0.4, 0.5) is 5.69 Å². The Morgan fingerprint density at radius 1 is 1.31 bits per heavy atom. The van der Waals surface area contributed by atoms with E-state index in [1.54, 1.807) is 0 Å². The van der Waals surface area contributed by atoms with Crippen LogP contribution in [-0.2, 0) is 8.64 Å². The standard InChI is InChI=1S/C6H4ClNO2.ClH2O4P/c7-5-1-3-6(4-2-5)8(9)10;1-5-6(2,3)4/h1-4H;(H2,2,3,4). The number of halogens is 2. The molecule has 1 rings (SSSR count). The lowest BCUT2D eigenvalue weighted by atomic mass is 10.3. The molecule has 1 aromatic rings. The zero-order valence-corrected chi connectivity index (χ0v) is 9.89. The largest absolute Gasteiger partial charge is 0.486 e. The molecule has 16 heavy (non-hydrogen) atoms. The van der Waals surface area contributed by atoms with Crippen molar-refractivity contribution in [1.29, 1.82) is 0 Å². The minimum atomic E-state index is -4.38.